The van der Waals surface area contributed by atoms with E-state index in [1.54, 1.807) is 0 Å². The van der Waals surface area contributed by atoms with Gasteiger partial charge in [-0.25, -0.2) is 0 Å². The fourth-order valence-electron chi connectivity index (χ4n) is 2.68. The van der Waals surface area contributed by atoms with Gasteiger partial charge < -0.3 is 9.64 Å². The number of nitrogens with one attached hydrogen (secondary N) is 2. The summed E-state index contributed by atoms with van der Waals surface area (Å²) < 4.78 is 5.35. The maximum atomic E-state index is 12.0. The van der Waals surface area contributed by atoms with Gasteiger partial charge in [0.25, 0.3) is 0 Å². The molecule has 6 heteroatoms. The molecule has 1 saturated heterocycles. The maximum absolute atomic E-state index is 12.0. The van der Waals surface area contributed by atoms with Crippen LogP contribution >= 0.6 is 0 Å². The van der Waals surface area contributed by atoms with Crippen molar-refractivity contribution < 1.29 is 9.53 Å². The third kappa shape index (κ3) is 4.56. The topological polar surface area (TPSA) is 89.2 Å². The van der Waals surface area contributed by atoms with Crippen molar-refractivity contribution in [3.8, 4) is 6.07 Å². The van der Waals surface area contributed by atoms with Gasteiger partial charge in [-0.05, 0) is 38.8 Å². The van der Waals surface area contributed by atoms with Gasteiger partial charge in [-0.15, -0.1) is 0 Å². The lowest BCUT2D eigenvalue weighted by Crippen LogP contribution is -2.33. The molecule has 1 aliphatic rings. The number of rotatable bonds is 4. The van der Waals surface area contributed by atoms with Crippen LogP contribution in [-0.4, -0.2) is 34.5 Å². The highest BCUT2D eigenvalue weighted by Gasteiger charge is 2.33. The molecule has 128 valence electrons. The van der Waals surface area contributed by atoms with E-state index in [1.165, 1.54) is 0 Å². The van der Waals surface area contributed by atoms with Crippen LogP contribution in [0, 0.1) is 16.7 Å². The number of ether oxygens (including phenoxy) is 1. The standard InChI is InChI=1S/C18H24N4O2/c1-12-21-15(10-19)17(20)22(12)11-14-7-5-6-13(8-14)9-16(23)24-18(2,3)4/h5-8,12,15,20-21H,9,11H2,1-4H3. The summed E-state index contributed by atoms with van der Waals surface area (Å²) in [6.45, 7) is 7.99. The first-order chi connectivity index (χ1) is 11.2. The van der Waals surface area contributed by atoms with Crippen LogP contribution in [-0.2, 0) is 22.5 Å². The molecule has 1 aromatic carbocycles. The minimum atomic E-state index is -0.565. The zero-order valence-electron chi connectivity index (χ0n) is 14.6. The molecule has 0 saturated carbocycles. The first-order valence-corrected chi connectivity index (χ1v) is 8.00. The number of nitrogens with zero attached hydrogens (tertiary/aromatic N) is 2. The van der Waals surface area contributed by atoms with Crippen LogP contribution in [0.4, 0.5) is 0 Å². The molecule has 2 atom stereocenters. The first kappa shape index (κ1) is 18.0. The summed E-state index contributed by atoms with van der Waals surface area (Å²) in [6.07, 6.45) is 0.147. The molecular weight excluding hydrogens is 304 g/mol. The minimum Gasteiger partial charge on any atom is -0.460 e. The van der Waals surface area contributed by atoms with Gasteiger partial charge >= 0.3 is 5.97 Å². The average Bonchev–Trinajstić information content (AvgIpc) is 2.73. The normalized spacial score (nSPS) is 20.8. The molecule has 0 radical (unpaired) electrons. The van der Waals surface area contributed by atoms with Crippen LogP contribution in [0.15, 0.2) is 24.3 Å². The van der Waals surface area contributed by atoms with E-state index >= 15 is 0 Å². The van der Waals surface area contributed by atoms with Crippen LogP contribution < -0.4 is 5.32 Å². The van der Waals surface area contributed by atoms with E-state index in [2.05, 4.69) is 11.4 Å². The Morgan fingerprint density at radius 1 is 1.42 bits per heavy atom. The lowest BCUT2D eigenvalue weighted by atomic mass is 10.1. The molecule has 0 spiro atoms. The van der Waals surface area contributed by atoms with Crippen LogP contribution in [0.25, 0.3) is 0 Å². The summed E-state index contributed by atoms with van der Waals surface area (Å²) in [5.74, 6) is 0.0238. The number of carbonyl (C=O) groups excluding carboxylic acids is 1. The lowest BCUT2D eigenvalue weighted by molar-refractivity contribution is -0.153. The van der Waals surface area contributed by atoms with Gasteiger partial charge in [-0.3, -0.25) is 15.5 Å². The van der Waals surface area contributed by atoms with Gasteiger partial charge in [-0.1, -0.05) is 24.3 Å². The van der Waals surface area contributed by atoms with Gasteiger partial charge in [0.1, 0.15) is 11.4 Å². The third-order valence-corrected chi connectivity index (χ3v) is 3.70. The maximum Gasteiger partial charge on any atom is 0.310 e. The predicted octanol–water partition coefficient (Wildman–Crippen LogP) is 2.19. The summed E-state index contributed by atoms with van der Waals surface area (Å²) in [4.78, 5) is 13.8. The molecule has 2 unspecified atom stereocenters. The smallest absolute Gasteiger partial charge is 0.310 e. The molecule has 2 N–H and O–H groups in total. The summed E-state index contributed by atoms with van der Waals surface area (Å²) >= 11 is 0. The highest BCUT2D eigenvalue weighted by atomic mass is 16.6. The first-order valence-electron chi connectivity index (χ1n) is 8.00. The summed E-state index contributed by atoms with van der Waals surface area (Å²) in [5.41, 5.74) is 1.38. The van der Waals surface area contributed by atoms with Crippen molar-refractivity contribution in [2.75, 3.05) is 0 Å². The Balaban J connectivity index is 2.05. The van der Waals surface area contributed by atoms with Gasteiger partial charge in [-0.2, -0.15) is 5.26 Å². The van der Waals surface area contributed by atoms with E-state index in [0.717, 1.165) is 11.1 Å². The Hall–Kier alpha value is -2.39. The molecule has 24 heavy (non-hydrogen) atoms. The molecule has 1 aromatic rings. The van der Waals surface area contributed by atoms with Crippen molar-refractivity contribution in [1.82, 2.24) is 10.2 Å². The van der Waals surface area contributed by atoms with Crippen molar-refractivity contribution in [3.05, 3.63) is 35.4 Å². The van der Waals surface area contributed by atoms with Gasteiger partial charge in [0.05, 0.1) is 18.7 Å². The van der Waals surface area contributed by atoms with E-state index in [9.17, 15) is 4.79 Å². The number of esters is 1. The molecule has 1 fully saturated rings. The Bertz CT molecular complexity index is 672. The fourth-order valence-corrected chi connectivity index (χ4v) is 2.68. The Kier molecular flexibility index (Phi) is 5.25. The average molecular weight is 328 g/mol. The quantitative estimate of drug-likeness (QED) is 0.827. The van der Waals surface area contributed by atoms with Crippen LogP contribution in [0.2, 0.25) is 0 Å². The fraction of sp³-hybridized carbons (Fsp3) is 0.500. The predicted molar refractivity (Wildman–Crippen MR) is 91.3 cm³/mol. The van der Waals surface area contributed by atoms with E-state index < -0.39 is 11.6 Å². The second-order valence-electron chi connectivity index (χ2n) is 7.00. The van der Waals surface area contributed by atoms with E-state index in [1.807, 2.05) is 56.9 Å². The zero-order chi connectivity index (χ0) is 17.9. The Morgan fingerprint density at radius 2 is 2.08 bits per heavy atom. The van der Waals surface area contributed by atoms with Crippen molar-refractivity contribution >= 4 is 11.8 Å². The third-order valence-electron chi connectivity index (χ3n) is 3.70. The highest BCUT2D eigenvalue weighted by molar-refractivity contribution is 5.89. The van der Waals surface area contributed by atoms with Gasteiger partial charge in [0.15, 0.2) is 6.04 Å². The van der Waals surface area contributed by atoms with E-state index in [-0.39, 0.29) is 24.4 Å². The highest BCUT2D eigenvalue weighted by Crippen LogP contribution is 2.17. The number of benzene rings is 1. The van der Waals surface area contributed by atoms with E-state index in [0.29, 0.717) is 6.54 Å². The summed E-state index contributed by atoms with van der Waals surface area (Å²) in [5, 5.41) is 20.2. The molecule has 1 aliphatic heterocycles. The summed E-state index contributed by atoms with van der Waals surface area (Å²) in [6, 6.07) is 9.21. The second-order valence-corrected chi connectivity index (χ2v) is 7.00. The molecular formula is C18H24N4O2. The van der Waals surface area contributed by atoms with Crippen LogP contribution in [0.3, 0.4) is 0 Å². The number of amidine groups is 1. The van der Waals surface area contributed by atoms with Gasteiger partial charge in [0, 0.05) is 6.54 Å². The number of hydrogen-bond acceptors (Lipinski definition) is 5. The van der Waals surface area contributed by atoms with Crippen molar-refractivity contribution in [2.24, 2.45) is 0 Å². The van der Waals surface area contributed by atoms with Crippen LogP contribution in [0.5, 0.6) is 0 Å². The zero-order valence-corrected chi connectivity index (χ0v) is 14.6. The number of hydrogen-bond donors (Lipinski definition) is 2. The van der Waals surface area contributed by atoms with Crippen molar-refractivity contribution in [2.45, 2.75) is 58.5 Å². The monoisotopic (exact) mass is 328 g/mol. The minimum absolute atomic E-state index is 0.0725. The molecule has 2 rings (SSSR count). The van der Waals surface area contributed by atoms with Crippen molar-refractivity contribution in [1.29, 1.82) is 10.7 Å². The molecule has 0 amide bonds. The number of nitriles is 1. The molecule has 0 aliphatic carbocycles. The molecule has 1 heterocycles. The molecule has 6 nitrogen and oxygen atoms in total. The summed E-state index contributed by atoms with van der Waals surface area (Å²) in [7, 11) is 0. The Morgan fingerprint density at radius 3 is 2.67 bits per heavy atom. The number of carbonyl (C=O) groups is 1. The SMILES string of the molecule is CC1NC(C#N)C(=N)N1Cc1cccc(CC(=O)OC(C)(C)C)c1. The molecule has 0 aromatic heterocycles. The lowest BCUT2D eigenvalue weighted by Gasteiger charge is -2.23. The largest absolute Gasteiger partial charge is 0.460 e. The van der Waals surface area contributed by atoms with E-state index in [4.69, 9.17) is 15.4 Å². The molecule has 0 bridgehead atoms. The second kappa shape index (κ2) is 7.02. The Labute approximate surface area is 142 Å². The van der Waals surface area contributed by atoms with Gasteiger partial charge in [0.2, 0.25) is 0 Å². The van der Waals surface area contributed by atoms with Crippen LogP contribution in [0.1, 0.15) is 38.8 Å². The van der Waals surface area contributed by atoms with Crippen molar-refractivity contribution in [3.63, 3.8) is 0 Å².